The molecule has 1 aliphatic rings. The molecule has 0 aliphatic carbocycles. The van der Waals surface area contributed by atoms with Crippen molar-refractivity contribution in [2.75, 3.05) is 26.7 Å². The summed E-state index contributed by atoms with van der Waals surface area (Å²) in [6.45, 7) is 2.86. The quantitative estimate of drug-likeness (QED) is 0.573. The van der Waals surface area contributed by atoms with E-state index >= 15 is 0 Å². The molecule has 0 spiro atoms. The number of urea groups is 1. The van der Waals surface area contributed by atoms with Crippen LogP contribution in [0.25, 0.3) is 0 Å². The van der Waals surface area contributed by atoms with Crippen LogP contribution in [0.3, 0.4) is 0 Å². The van der Waals surface area contributed by atoms with Gasteiger partial charge in [0.05, 0.1) is 0 Å². The van der Waals surface area contributed by atoms with E-state index in [1.165, 1.54) is 0 Å². The lowest BCUT2D eigenvalue weighted by Gasteiger charge is -2.17. The lowest BCUT2D eigenvalue weighted by molar-refractivity contribution is 0.211. The van der Waals surface area contributed by atoms with Crippen molar-refractivity contribution in [1.82, 2.24) is 10.2 Å². The van der Waals surface area contributed by atoms with E-state index in [1.807, 2.05) is 0 Å². The SMILES string of the molecule is CN(CC1CCNC1)C(N)=O. The predicted molar refractivity (Wildman–Crippen MR) is 43.2 cm³/mol. The molecule has 0 aromatic rings. The van der Waals surface area contributed by atoms with E-state index in [-0.39, 0.29) is 6.03 Å². The summed E-state index contributed by atoms with van der Waals surface area (Å²) in [4.78, 5) is 12.2. The molecular formula is C7H15N3O. The van der Waals surface area contributed by atoms with Crippen LogP contribution in [0.15, 0.2) is 0 Å². The van der Waals surface area contributed by atoms with Gasteiger partial charge in [-0.15, -0.1) is 0 Å². The maximum atomic E-state index is 10.6. The van der Waals surface area contributed by atoms with E-state index < -0.39 is 0 Å². The van der Waals surface area contributed by atoms with Crippen molar-refractivity contribution in [2.45, 2.75) is 6.42 Å². The fourth-order valence-corrected chi connectivity index (χ4v) is 1.35. The van der Waals surface area contributed by atoms with E-state index in [0.717, 1.165) is 26.1 Å². The van der Waals surface area contributed by atoms with Gasteiger partial charge in [-0.25, -0.2) is 4.79 Å². The van der Waals surface area contributed by atoms with Crippen LogP contribution in [-0.4, -0.2) is 37.6 Å². The summed E-state index contributed by atoms with van der Waals surface area (Å²) in [5.74, 6) is 0.590. The Morgan fingerprint density at radius 3 is 3.00 bits per heavy atom. The van der Waals surface area contributed by atoms with Crippen LogP contribution in [0.5, 0.6) is 0 Å². The third kappa shape index (κ3) is 2.38. The van der Waals surface area contributed by atoms with Crippen molar-refractivity contribution in [3.05, 3.63) is 0 Å². The highest BCUT2D eigenvalue weighted by Crippen LogP contribution is 2.07. The minimum Gasteiger partial charge on any atom is -0.351 e. The van der Waals surface area contributed by atoms with Crippen molar-refractivity contribution in [3.8, 4) is 0 Å². The van der Waals surface area contributed by atoms with Crippen LogP contribution in [0.2, 0.25) is 0 Å². The number of nitrogens with one attached hydrogen (secondary N) is 1. The average Bonchev–Trinajstić information content (AvgIpc) is 2.39. The highest BCUT2D eigenvalue weighted by molar-refractivity contribution is 5.71. The summed E-state index contributed by atoms with van der Waals surface area (Å²) >= 11 is 0. The van der Waals surface area contributed by atoms with Gasteiger partial charge in [-0.3, -0.25) is 0 Å². The number of amides is 2. The molecule has 64 valence electrons. The Morgan fingerprint density at radius 1 is 1.82 bits per heavy atom. The number of carbonyl (C=O) groups is 1. The molecule has 0 saturated carbocycles. The van der Waals surface area contributed by atoms with Crippen molar-refractivity contribution in [3.63, 3.8) is 0 Å². The maximum Gasteiger partial charge on any atom is 0.314 e. The first-order valence-electron chi connectivity index (χ1n) is 3.91. The van der Waals surface area contributed by atoms with Crippen LogP contribution in [0, 0.1) is 5.92 Å². The molecule has 1 aliphatic heterocycles. The molecule has 0 bridgehead atoms. The second kappa shape index (κ2) is 3.57. The van der Waals surface area contributed by atoms with Crippen LogP contribution >= 0.6 is 0 Å². The molecule has 3 N–H and O–H groups in total. The maximum absolute atomic E-state index is 10.6. The molecule has 0 radical (unpaired) electrons. The molecular weight excluding hydrogens is 142 g/mol. The Kier molecular flexibility index (Phi) is 2.70. The lowest BCUT2D eigenvalue weighted by atomic mass is 10.1. The van der Waals surface area contributed by atoms with Crippen molar-refractivity contribution in [2.24, 2.45) is 11.7 Å². The summed E-state index contributed by atoms with van der Waals surface area (Å²) in [6.07, 6.45) is 1.15. The molecule has 4 heteroatoms. The number of nitrogens with two attached hydrogens (primary N) is 1. The van der Waals surface area contributed by atoms with E-state index in [0.29, 0.717) is 5.92 Å². The molecule has 1 saturated heterocycles. The molecule has 2 amide bonds. The number of rotatable bonds is 2. The number of primary amides is 1. The Balaban J connectivity index is 2.23. The normalized spacial score (nSPS) is 23.5. The van der Waals surface area contributed by atoms with E-state index in [4.69, 9.17) is 5.73 Å². The second-order valence-corrected chi connectivity index (χ2v) is 3.08. The summed E-state index contributed by atoms with van der Waals surface area (Å²) in [5, 5.41) is 3.24. The highest BCUT2D eigenvalue weighted by Gasteiger charge is 2.17. The lowest BCUT2D eigenvalue weighted by Crippen LogP contribution is -2.36. The van der Waals surface area contributed by atoms with Crippen LogP contribution in [-0.2, 0) is 0 Å². The first-order chi connectivity index (χ1) is 5.20. The minimum absolute atomic E-state index is 0.336. The Bertz CT molecular complexity index is 143. The fraction of sp³-hybridized carbons (Fsp3) is 0.857. The number of hydrogen-bond donors (Lipinski definition) is 2. The second-order valence-electron chi connectivity index (χ2n) is 3.08. The smallest absolute Gasteiger partial charge is 0.314 e. The van der Waals surface area contributed by atoms with Crippen LogP contribution in [0.1, 0.15) is 6.42 Å². The minimum atomic E-state index is -0.336. The summed E-state index contributed by atoms with van der Waals surface area (Å²) in [7, 11) is 1.74. The standard InChI is InChI=1S/C7H15N3O/c1-10(7(8)11)5-6-2-3-9-4-6/h6,9H,2-5H2,1H3,(H2,8,11). The summed E-state index contributed by atoms with van der Waals surface area (Å²) in [5.41, 5.74) is 5.08. The van der Waals surface area contributed by atoms with Crippen molar-refractivity contribution in [1.29, 1.82) is 0 Å². The van der Waals surface area contributed by atoms with Gasteiger partial charge in [0.2, 0.25) is 0 Å². The van der Waals surface area contributed by atoms with E-state index in [1.54, 1.807) is 11.9 Å². The first-order valence-corrected chi connectivity index (χ1v) is 3.91. The van der Waals surface area contributed by atoms with Gasteiger partial charge in [0.1, 0.15) is 0 Å². The Labute approximate surface area is 66.7 Å². The summed E-state index contributed by atoms with van der Waals surface area (Å²) < 4.78 is 0. The third-order valence-corrected chi connectivity index (χ3v) is 2.07. The predicted octanol–water partition coefficient (Wildman–Crippen LogP) is -0.394. The van der Waals surface area contributed by atoms with Gasteiger partial charge in [-0.1, -0.05) is 0 Å². The van der Waals surface area contributed by atoms with Gasteiger partial charge < -0.3 is 16.0 Å². The Morgan fingerprint density at radius 2 is 2.55 bits per heavy atom. The van der Waals surface area contributed by atoms with E-state index in [2.05, 4.69) is 5.32 Å². The number of carbonyl (C=O) groups excluding carboxylic acids is 1. The molecule has 0 aromatic carbocycles. The van der Waals surface area contributed by atoms with Crippen molar-refractivity contribution >= 4 is 6.03 Å². The average molecular weight is 157 g/mol. The summed E-state index contributed by atoms with van der Waals surface area (Å²) in [6, 6.07) is -0.336. The first kappa shape index (κ1) is 8.33. The zero-order chi connectivity index (χ0) is 8.27. The molecule has 0 aromatic heterocycles. The molecule has 1 fully saturated rings. The number of nitrogens with zero attached hydrogens (tertiary/aromatic N) is 1. The fourth-order valence-electron chi connectivity index (χ4n) is 1.35. The van der Waals surface area contributed by atoms with Gasteiger partial charge in [-0.05, 0) is 25.4 Å². The van der Waals surface area contributed by atoms with Gasteiger partial charge in [0.15, 0.2) is 0 Å². The van der Waals surface area contributed by atoms with Gasteiger partial charge in [0, 0.05) is 13.6 Å². The van der Waals surface area contributed by atoms with Crippen LogP contribution in [0.4, 0.5) is 4.79 Å². The molecule has 11 heavy (non-hydrogen) atoms. The van der Waals surface area contributed by atoms with Gasteiger partial charge in [-0.2, -0.15) is 0 Å². The molecule has 1 heterocycles. The zero-order valence-corrected chi connectivity index (χ0v) is 6.84. The molecule has 4 nitrogen and oxygen atoms in total. The highest BCUT2D eigenvalue weighted by atomic mass is 16.2. The topological polar surface area (TPSA) is 58.4 Å². The van der Waals surface area contributed by atoms with Gasteiger partial charge in [0.25, 0.3) is 0 Å². The monoisotopic (exact) mass is 157 g/mol. The molecule has 1 unspecified atom stereocenters. The largest absolute Gasteiger partial charge is 0.351 e. The van der Waals surface area contributed by atoms with Crippen molar-refractivity contribution < 1.29 is 4.79 Å². The van der Waals surface area contributed by atoms with Gasteiger partial charge >= 0.3 is 6.03 Å². The van der Waals surface area contributed by atoms with Crippen LogP contribution < -0.4 is 11.1 Å². The van der Waals surface area contributed by atoms with E-state index in [9.17, 15) is 4.79 Å². The number of hydrogen-bond acceptors (Lipinski definition) is 2. The molecule has 1 atom stereocenters. The zero-order valence-electron chi connectivity index (χ0n) is 6.84. The third-order valence-electron chi connectivity index (χ3n) is 2.07. The Hall–Kier alpha value is -0.770. The molecule has 1 rings (SSSR count).